The zero-order chi connectivity index (χ0) is 16.4. The van der Waals surface area contributed by atoms with Crippen molar-refractivity contribution < 1.29 is 4.79 Å². The molecule has 0 spiro atoms. The Hall–Kier alpha value is -2.67. The van der Waals surface area contributed by atoms with Gasteiger partial charge in [0.05, 0.1) is 17.8 Å². The molecule has 0 saturated carbocycles. The highest BCUT2D eigenvalue weighted by Gasteiger charge is 2.14. The van der Waals surface area contributed by atoms with Crippen molar-refractivity contribution in [3.05, 3.63) is 58.6 Å². The average Bonchev–Trinajstić information content (AvgIpc) is 3.07. The molecule has 3 aromatic rings. The first-order valence-electron chi connectivity index (χ1n) is 6.97. The number of hydrogen-bond acceptors (Lipinski definition) is 4. The second-order valence-electron chi connectivity index (χ2n) is 5.15. The monoisotopic (exact) mass is 330 g/mol. The zero-order valence-corrected chi connectivity index (χ0v) is 13.4. The van der Waals surface area contributed by atoms with Crippen molar-refractivity contribution in [2.75, 3.05) is 5.32 Å². The van der Waals surface area contributed by atoms with E-state index in [-0.39, 0.29) is 11.9 Å². The molecule has 3 rings (SSSR count). The predicted octanol–water partition coefficient (Wildman–Crippen LogP) is 2.27. The fourth-order valence-corrected chi connectivity index (χ4v) is 2.32. The van der Waals surface area contributed by atoms with E-state index >= 15 is 0 Å². The van der Waals surface area contributed by atoms with Gasteiger partial charge in [-0.05, 0) is 24.6 Å². The van der Waals surface area contributed by atoms with E-state index in [2.05, 4.69) is 20.5 Å². The van der Waals surface area contributed by atoms with Crippen LogP contribution < -0.4 is 5.32 Å². The number of nitrogens with one attached hydrogen (secondary N) is 1. The fourth-order valence-electron chi connectivity index (χ4n) is 2.20. The van der Waals surface area contributed by atoms with Gasteiger partial charge < -0.3 is 0 Å². The highest BCUT2D eigenvalue weighted by atomic mass is 35.5. The third-order valence-corrected chi connectivity index (χ3v) is 3.53. The molecule has 23 heavy (non-hydrogen) atoms. The SMILES string of the molecule is Cc1nn(C)cc1C(=O)Nc1ncn(Cc2ccc(Cl)cc2)n1. The van der Waals surface area contributed by atoms with E-state index in [9.17, 15) is 4.79 Å². The Bertz CT molecular complexity index is 836. The van der Waals surface area contributed by atoms with Gasteiger partial charge in [0.15, 0.2) is 0 Å². The fraction of sp³-hybridized carbons (Fsp3) is 0.200. The van der Waals surface area contributed by atoms with Crippen molar-refractivity contribution in [3.63, 3.8) is 0 Å². The lowest BCUT2D eigenvalue weighted by atomic mass is 10.2. The van der Waals surface area contributed by atoms with Crippen molar-refractivity contribution in [3.8, 4) is 0 Å². The third-order valence-electron chi connectivity index (χ3n) is 3.28. The van der Waals surface area contributed by atoms with Crippen LogP contribution in [0.25, 0.3) is 0 Å². The van der Waals surface area contributed by atoms with E-state index in [4.69, 9.17) is 11.6 Å². The Morgan fingerprint density at radius 2 is 2.00 bits per heavy atom. The third kappa shape index (κ3) is 3.57. The summed E-state index contributed by atoms with van der Waals surface area (Å²) in [5.74, 6) is -0.0212. The molecule has 0 aliphatic rings. The molecular weight excluding hydrogens is 316 g/mol. The highest BCUT2D eigenvalue weighted by molar-refractivity contribution is 6.30. The summed E-state index contributed by atoms with van der Waals surface area (Å²) in [7, 11) is 1.77. The van der Waals surface area contributed by atoms with Crippen LogP contribution in [-0.4, -0.2) is 30.5 Å². The molecule has 1 N–H and O–H groups in total. The van der Waals surface area contributed by atoms with Crippen molar-refractivity contribution in [2.24, 2.45) is 7.05 Å². The molecule has 0 saturated heterocycles. The molecule has 2 aromatic heterocycles. The molecule has 0 bridgehead atoms. The van der Waals surface area contributed by atoms with Crippen LogP contribution in [-0.2, 0) is 13.6 Å². The minimum atomic E-state index is -0.278. The molecule has 0 radical (unpaired) electrons. The summed E-state index contributed by atoms with van der Waals surface area (Å²) in [6.07, 6.45) is 3.23. The van der Waals surface area contributed by atoms with E-state index in [1.54, 1.807) is 35.9 Å². The predicted molar refractivity (Wildman–Crippen MR) is 86.5 cm³/mol. The molecule has 0 atom stereocenters. The van der Waals surface area contributed by atoms with Crippen LogP contribution in [0.15, 0.2) is 36.8 Å². The molecule has 8 heteroatoms. The smallest absolute Gasteiger partial charge is 0.261 e. The topological polar surface area (TPSA) is 77.6 Å². The van der Waals surface area contributed by atoms with Gasteiger partial charge >= 0.3 is 0 Å². The quantitative estimate of drug-likeness (QED) is 0.796. The number of carbonyl (C=O) groups is 1. The molecule has 1 aromatic carbocycles. The molecule has 118 valence electrons. The van der Waals surface area contributed by atoms with E-state index in [0.29, 0.717) is 22.8 Å². The van der Waals surface area contributed by atoms with E-state index in [1.165, 1.54) is 0 Å². The molecular formula is C15H15ClN6O. The van der Waals surface area contributed by atoms with Crippen LogP contribution in [0.2, 0.25) is 5.02 Å². The molecule has 7 nitrogen and oxygen atoms in total. The highest BCUT2D eigenvalue weighted by Crippen LogP contribution is 2.11. The van der Waals surface area contributed by atoms with Crippen molar-refractivity contribution in [1.82, 2.24) is 24.5 Å². The second-order valence-corrected chi connectivity index (χ2v) is 5.58. The molecule has 2 heterocycles. The van der Waals surface area contributed by atoms with E-state index < -0.39 is 0 Å². The zero-order valence-electron chi connectivity index (χ0n) is 12.7. The van der Waals surface area contributed by atoms with Crippen LogP contribution in [0.5, 0.6) is 0 Å². The van der Waals surface area contributed by atoms with E-state index in [0.717, 1.165) is 5.56 Å². The number of anilines is 1. The van der Waals surface area contributed by atoms with Gasteiger partial charge in [0.2, 0.25) is 5.95 Å². The summed E-state index contributed by atoms with van der Waals surface area (Å²) in [6.45, 7) is 2.33. The van der Waals surface area contributed by atoms with E-state index in [1.807, 2.05) is 24.3 Å². The van der Waals surface area contributed by atoms with Gasteiger partial charge in [-0.25, -0.2) is 9.67 Å². The largest absolute Gasteiger partial charge is 0.289 e. The van der Waals surface area contributed by atoms with Gasteiger partial charge in [-0.15, -0.1) is 5.10 Å². The summed E-state index contributed by atoms with van der Waals surface area (Å²) in [5, 5.41) is 11.7. The standard InChI is InChI=1S/C15H15ClN6O/c1-10-13(8-21(2)19-10)14(23)18-15-17-9-22(20-15)7-11-3-5-12(16)6-4-11/h3-6,8-9H,7H2,1-2H3,(H,18,20,23). The number of hydrogen-bond donors (Lipinski definition) is 1. The van der Waals surface area contributed by atoms with Gasteiger partial charge in [-0.1, -0.05) is 23.7 Å². The van der Waals surface area contributed by atoms with Gasteiger partial charge in [0.25, 0.3) is 5.91 Å². The lowest BCUT2D eigenvalue weighted by Gasteiger charge is -2.01. The molecule has 0 aliphatic heterocycles. The van der Waals surface area contributed by atoms with Crippen LogP contribution in [0.4, 0.5) is 5.95 Å². The van der Waals surface area contributed by atoms with Crippen molar-refractivity contribution >= 4 is 23.5 Å². The molecule has 1 amide bonds. The number of carbonyl (C=O) groups excluding carboxylic acids is 1. The minimum Gasteiger partial charge on any atom is -0.289 e. The van der Waals surface area contributed by atoms with Crippen LogP contribution in [0.3, 0.4) is 0 Å². The van der Waals surface area contributed by atoms with Gasteiger partial charge in [-0.2, -0.15) is 5.10 Å². The maximum atomic E-state index is 12.2. The number of amides is 1. The summed E-state index contributed by atoms with van der Waals surface area (Å²) >= 11 is 5.86. The average molecular weight is 331 g/mol. The Labute approximate surface area is 137 Å². The summed E-state index contributed by atoms with van der Waals surface area (Å²) in [4.78, 5) is 16.3. The maximum Gasteiger partial charge on any atom is 0.261 e. The summed E-state index contributed by atoms with van der Waals surface area (Å²) in [6, 6.07) is 7.48. The van der Waals surface area contributed by atoms with Crippen LogP contribution in [0, 0.1) is 6.92 Å². The van der Waals surface area contributed by atoms with Crippen LogP contribution in [0.1, 0.15) is 21.6 Å². The number of nitrogens with zero attached hydrogens (tertiary/aromatic N) is 5. The molecule has 0 aliphatic carbocycles. The van der Waals surface area contributed by atoms with Gasteiger partial charge in [0, 0.05) is 18.3 Å². The Morgan fingerprint density at radius 3 is 2.65 bits per heavy atom. The van der Waals surface area contributed by atoms with Crippen molar-refractivity contribution in [1.29, 1.82) is 0 Å². The summed E-state index contributed by atoms with van der Waals surface area (Å²) in [5.41, 5.74) is 2.20. The van der Waals surface area contributed by atoms with Gasteiger partial charge in [-0.3, -0.25) is 14.8 Å². The Kier molecular flexibility index (Phi) is 4.12. The number of aryl methyl sites for hydroxylation is 2. The minimum absolute atomic E-state index is 0.257. The first kappa shape index (κ1) is 15.2. The number of halogens is 1. The lowest BCUT2D eigenvalue weighted by Crippen LogP contribution is -2.14. The van der Waals surface area contributed by atoms with Crippen molar-refractivity contribution in [2.45, 2.75) is 13.5 Å². The molecule has 0 fully saturated rings. The summed E-state index contributed by atoms with van der Waals surface area (Å²) < 4.78 is 3.24. The number of benzene rings is 1. The Balaban J connectivity index is 1.68. The Morgan fingerprint density at radius 1 is 1.26 bits per heavy atom. The van der Waals surface area contributed by atoms with Crippen LogP contribution >= 0.6 is 11.6 Å². The first-order valence-corrected chi connectivity index (χ1v) is 7.34. The number of aromatic nitrogens is 5. The first-order chi connectivity index (χ1) is 11.0. The second kappa shape index (κ2) is 6.21. The normalized spacial score (nSPS) is 10.7. The molecule has 0 unspecified atom stereocenters. The maximum absolute atomic E-state index is 12.2. The number of rotatable bonds is 4. The van der Waals surface area contributed by atoms with Gasteiger partial charge in [0.1, 0.15) is 6.33 Å². The lowest BCUT2D eigenvalue weighted by molar-refractivity contribution is 0.102.